The van der Waals surface area contributed by atoms with Crippen LogP contribution < -0.4 is 5.32 Å². The lowest BCUT2D eigenvalue weighted by Crippen LogP contribution is -2.13. The number of hydrogen-bond donors (Lipinski definition) is 1. The Hall–Kier alpha value is -3.97. The Morgan fingerprint density at radius 3 is 2.63 bits per heavy atom. The molecule has 0 saturated heterocycles. The predicted molar refractivity (Wildman–Crippen MR) is 134 cm³/mol. The summed E-state index contributed by atoms with van der Waals surface area (Å²) in [5.41, 5.74) is 1.36. The predicted octanol–water partition coefficient (Wildman–Crippen LogP) is 6.75. The van der Waals surface area contributed by atoms with Crippen LogP contribution in [0.3, 0.4) is 0 Å². The van der Waals surface area contributed by atoms with Gasteiger partial charge in [-0.3, -0.25) is 20.2 Å². The minimum Gasteiger partial charge on any atom is -0.457 e. The van der Waals surface area contributed by atoms with Gasteiger partial charge in [-0.15, -0.1) is 11.3 Å². The molecule has 4 aromatic rings. The fourth-order valence-corrected chi connectivity index (χ4v) is 4.25. The third-order valence-electron chi connectivity index (χ3n) is 4.78. The van der Waals surface area contributed by atoms with Crippen molar-refractivity contribution in [2.45, 2.75) is 6.42 Å². The number of hydrogen-bond acceptors (Lipinski definition) is 7. The zero-order chi connectivity index (χ0) is 24.9. The number of nitrogens with zero attached hydrogens (tertiary/aromatic N) is 3. The van der Waals surface area contributed by atoms with Crippen LogP contribution in [-0.4, -0.2) is 15.8 Å². The van der Waals surface area contributed by atoms with Crippen molar-refractivity contribution in [2.24, 2.45) is 0 Å². The molecule has 0 radical (unpaired) electrons. The molecule has 2 aromatic heterocycles. The number of rotatable bonds is 7. The second-order valence-electron chi connectivity index (χ2n) is 7.19. The molecule has 35 heavy (non-hydrogen) atoms. The summed E-state index contributed by atoms with van der Waals surface area (Å²) < 4.78 is 5.68. The van der Waals surface area contributed by atoms with E-state index in [9.17, 15) is 20.2 Å². The van der Waals surface area contributed by atoms with Crippen LogP contribution in [0.5, 0.6) is 0 Å². The topological polar surface area (TPSA) is 122 Å². The van der Waals surface area contributed by atoms with Crippen LogP contribution in [0.4, 0.5) is 10.8 Å². The molecule has 0 unspecified atom stereocenters. The van der Waals surface area contributed by atoms with Crippen LogP contribution >= 0.6 is 34.5 Å². The number of aromatic nitrogens is 1. The normalized spacial score (nSPS) is 11.2. The van der Waals surface area contributed by atoms with E-state index in [4.69, 9.17) is 27.6 Å². The Bertz CT molecular complexity index is 1490. The number of nitriles is 1. The van der Waals surface area contributed by atoms with Crippen molar-refractivity contribution in [3.05, 3.63) is 103 Å². The van der Waals surface area contributed by atoms with Crippen molar-refractivity contribution in [1.29, 1.82) is 5.26 Å². The van der Waals surface area contributed by atoms with Gasteiger partial charge in [-0.1, -0.05) is 29.3 Å². The van der Waals surface area contributed by atoms with Gasteiger partial charge in [0.15, 0.2) is 5.13 Å². The van der Waals surface area contributed by atoms with Gasteiger partial charge in [-0.2, -0.15) is 5.26 Å². The summed E-state index contributed by atoms with van der Waals surface area (Å²) in [6.07, 6.45) is 3.51. The summed E-state index contributed by atoms with van der Waals surface area (Å²) in [5.74, 6) is 0.0939. The Kier molecular flexibility index (Phi) is 7.27. The van der Waals surface area contributed by atoms with Crippen LogP contribution in [0.15, 0.2) is 70.8 Å². The molecule has 0 aliphatic rings. The fourth-order valence-electron chi connectivity index (χ4n) is 3.09. The maximum atomic E-state index is 12.6. The van der Waals surface area contributed by atoms with Gasteiger partial charge >= 0.3 is 0 Å². The number of furan rings is 1. The highest BCUT2D eigenvalue weighted by molar-refractivity contribution is 7.15. The van der Waals surface area contributed by atoms with Gasteiger partial charge in [0, 0.05) is 41.3 Å². The Balaban J connectivity index is 1.44. The average Bonchev–Trinajstić information content (AvgIpc) is 3.49. The molecule has 0 aliphatic carbocycles. The van der Waals surface area contributed by atoms with Crippen molar-refractivity contribution in [3.8, 4) is 17.4 Å². The molecule has 0 atom stereocenters. The van der Waals surface area contributed by atoms with E-state index >= 15 is 0 Å². The summed E-state index contributed by atoms with van der Waals surface area (Å²) >= 11 is 13.3. The molecule has 1 N–H and O–H groups in total. The van der Waals surface area contributed by atoms with E-state index in [0.717, 1.165) is 10.4 Å². The van der Waals surface area contributed by atoms with E-state index in [1.54, 1.807) is 42.6 Å². The Morgan fingerprint density at radius 1 is 1.17 bits per heavy atom. The minimum absolute atomic E-state index is 0.0360. The zero-order valence-corrected chi connectivity index (χ0v) is 20.0. The molecule has 0 bridgehead atoms. The van der Waals surface area contributed by atoms with Crippen molar-refractivity contribution in [1.82, 2.24) is 4.98 Å². The average molecular weight is 525 g/mol. The number of anilines is 1. The first-order chi connectivity index (χ1) is 16.8. The number of carbonyl (C=O) groups is 1. The quantitative estimate of drug-likeness (QED) is 0.123. The molecule has 2 aromatic carbocycles. The molecule has 1 amide bonds. The smallest absolute Gasteiger partial charge is 0.269 e. The minimum atomic E-state index is -0.628. The number of nitrogens with one attached hydrogen (secondary N) is 1. The second-order valence-corrected chi connectivity index (χ2v) is 9.12. The lowest BCUT2D eigenvalue weighted by atomic mass is 10.1. The molecule has 4 rings (SSSR count). The standard InChI is InChI=1S/C24H14Cl2N4O4S/c25-20-7-1-14(10-21(20)26)9-19-13-28-24(35-19)29-23(31)16(12-27)11-18-6-8-22(34-18)15-2-4-17(5-3-15)30(32)33/h1-8,10-11,13H,9H2,(H,28,29,31)/b16-11+. The first kappa shape index (κ1) is 24.2. The number of thiazole rings is 1. The fraction of sp³-hybridized carbons (Fsp3) is 0.0417. The van der Waals surface area contributed by atoms with Crippen molar-refractivity contribution >= 4 is 57.3 Å². The monoisotopic (exact) mass is 524 g/mol. The lowest BCUT2D eigenvalue weighted by molar-refractivity contribution is -0.384. The summed E-state index contributed by atoms with van der Waals surface area (Å²) in [5, 5.41) is 24.2. The number of halogens is 2. The van der Waals surface area contributed by atoms with E-state index < -0.39 is 10.8 Å². The molecular weight excluding hydrogens is 511 g/mol. The molecule has 0 spiro atoms. The van der Waals surface area contributed by atoms with Gasteiger partial charge in [0.1, 0.15) is 23.2 Å². The SMILES string of the molecule is N#C/C(=C\c1ccc(-c2ccc([N+](=O)[O-])cc2)o1)C(=O)Nc1ncc(Cc2ccc(Cl)c(Cl)c2)s1. The molecule has 0 fully saturated rings. The Labute approximate surface area is 213 Å². The highest BCUT2D eigenvalue weighted by Crippen LogP contribution is 2.28. The van der Waals surface area contributed by atoms with Gasteiger partial charge in [0.25, 0.3) is 11.6 Å². The van der Waals surface area contributed by atoms with Gasteiger partial charge in [0.05, 0.1) is 15.0 Å². The Morgan fingerprint density at radius 2 is 1.94 bits per heavy atom. The summed E-state index contributed by atoms with van der Waals surface area (Å²) in [6.45, 7) is 0. The van der Waals surface area contributed by atoms with E-state index in [1.165, 1.54) is 29.5 Å². The number of benzene rings is 2. The molecule has 11 heteroatoms. The van der Waals surface area contributed by atoms with Gasteiger partial charge in [-0.05, 0) is 42.0 Å². The summed E-state index contributed by atoms with van der Waals surface area (Å²) in [6, 6.07) is 16.3. The number of amides is 1. The largest absolute Gasteiger partial charge is 0.457 e. The maximum Gasteiger partial charge on any atom is 0.269 e. The molecule has 8 nitrogen and oxygen atoms in total. The van der Waals surface area contributed by atoms with Crippen molar-refractivity contribution in [3.63, 3.8) is 0 Å². The molecule has 0 saturated carbocycles. The van der Waals surface area contributed by atoms with Crippen molar-refractivity contribution in [2.75, 3.05) is 5.32 Å². The van der Waals surface area contributed by atoms with E-state index in [2.05, 4.69) is 10.3 Å². The maximum absolute atomic E-state index is 12.6. The third kappa shape index (κ3) is 5.94. The highest BCUT2D eigenvalue weighted by atomic mass is 35.5. The zero-order valence-electron chi connectivity index (χ0n) is 17.7. The van der Waals surface area contributed by atoms with E-state index in [-0.39, 0.29) is 17.0 Å². The van der Waals surface area contributed by atoms with E-state index in [0.29, 0.717) is 32.9 Å². The molecule has 174 valence electrons. The van der Waals surface area contributed by atoms with Gasteiger partial charge in [0.2, 0.25) is 0 Å². The molecule has 0 aliphatic heterocycles. The van der Waals surface area contributed by atoms with Crippen LogP contribution in [0.1, 0.15) is 16.2 Å². The van der Waals surface area contributed by atoms with Crippen LogP contribution in [0.25, 0.3) is 17.4 Å². The molecular formula is C24H14Cl2N4O4S. The first-order valence-electron chi connectivity index (χ1n) is 9.99. The van der Waals surface area contributed by atoms with Crippen LogP contribution in [0.2, 0.25) is 10.0 Å². The summed E-state index contributed by atoms with van der Waals surface area (Å²) in [7, 11) is 0. The number of nitro benzene ring substituents is 1. The van der Waals surface area contributed by atoms with E-state index in [1.807, 2.05) is 12.1 Å². The van der Waals surface area contributed by atoms with Crippen molar-refractivity contribution < 1.29 is 14.1 Å². The lowest BCUT2D eigenvalue weighted by Gasteiger charge is -2.01. The third-order valence-corrected chi connectivity index (χ3v) is 6.43. The summed E-state index contributed by atoms with van der Waals surface area (Å²) in [4.78, 5) is 28.0. The number of non-ortho nitro benzene ring substituents is 1. The number of nitro groups is 1. The highest BCUT2D eigenvalue weighted by Gasteiger charge is 2.14. The molecule has 2 heterocycles. The van der Waals surface area contributed by atoms with Gasteiger partial charge in [-0.25, -0.2) is 4.98 Å². The number of carbonyl (C=O) groups excluding carboxylic acids is 1. The van der Waals surface area contributed by atoms with Crippen LogP contribution in [0, 0.1) is 21.4 Å². The first-order valence-corrected chi connectivity index (χ1v) is 11.6. The van der Waals surface area contributed by atoms with Gasteiger partial charge < -0.3 is 4.42 Å². The van der Waals surface area contributed by atoms with Crippen LogP contribution in [-0.2, 0) is 11.2 Å². The second kappa shape index (κ2) is 10.5.